The molecule has 2 fully saturated rings. The normalized spacial score (nSPS) is 24.6. The number of piperazine rings is 1. The van der Waals surface area contributed by atoms with Crippen LogP contribution in [0.1, 0.15) is 38.2 Å². The van der Waals surface area contributed by atoms with E-state index in [2.05, 4.69) is 52.8 Å². The van der Waals surface area contributed by atoms with Gasteiger partial charge in [0.15, 0.2) is 0 Å². The minimum atomic E-state index is 0.650. The van der Waals surface area contributed by atoms with Crippen molar-refractivity contribution >= 4 is 5.69 Å². The lowest BCUT2D eigenvalue weighted by Gasteiger charge is -2.41. The van der Waals surface area contributed by atoms with E-state index in [1.165, 1.54) is 69.7 Å². The van der Waals surface area contributed by atoms with Crippen LogP contribution in [0.25, 0.3) is 0 Å². The van der Waals surface area contributed by atoms with E-state index in [9.17, 15) is 0 Å². The average Bonchev–Trinajstić information content (AvgIpc) is 2.83. The van der Waals surface area contributed by atoms with Crippen molar-refractivity contribution < 1.29 is 0 Å². The summed E-state index contributed by atoms with van der Waals surface area (Å²) < 4.78 is 0. The van der Waals surface area contributed by atoms with Gasteiger partial charge >= 0.3 is 0 Å². The van der Waals surface area contributed by atoms with Crippen LogP contribution >= 0.6 is 0 Å². The summed E-state index contributed by atoms with van der Waals surface area (Å²) in [4.78, 5) is 7.92. The topological polar surface area (TPSA) is 9.72 Å². The molecule has 2 saturated heterocycles. The summed E-state index contributed by atoms with van der Waals surface area (Å²) in [6.45, 7) is 13.2. The van der Waals surface area contributed by atoms with E-state index in [1.807, 2.05) is 0 Å². The number of hydrogen-bond acceptors (Lipinski definition) is 3. The van der Waals surface area contributed by atoms with Gasteiger partial charge in [-0.05, 0) is 51.9 Å². The van der Waals surface area contributed by atoms with Gasteiger partial charge in [-0.2, -0.15) is 0 Å². The minimum Gasteiger partial charge on any atom is -0.369 e. The summed E-state index contributed by atoms with van der Waals surface area (Å²) in [7, 11) is 0. The highest BCUT2D eigenvalue weighted by atomic mass is 15.3. The summed E-state index contributed by atoms with van der Waals surface area (Å²) >= 11 is 0. The molecule has 0 N–H and O–H groups in total. The Morgan fingerprint density at radius 3 is 2.22 bits per heavy atom. The van der Waals surface area contributed by atoms with E-state index in [0.717, 1.165) is 13.1 Å². The lowest BCUT2D eigenvalue weighted by molar-refractivity contribution is 0.157. The quantitative estimate of drug-likeness (QED) is 0.843. The lowest BCUT2D eigenvalue weighted by atomic mass is 10.1. The third kappa shape index (κ3) is 4.71. The second-order valence-corrected chi connectivity index (χ2v) is 7.42. The maximum absolute atomic E-state index is 2.69. The Bertz CT molecular complexity index is 462. The van der Waals surface area contributed by atoms with Gasteiger partial charge in [0, 0.05) is 44.5 Å². The molecule has 0 spiro atoms. The van der Waals surface area contributed by atoms with Gasteiger partial charge in [-0.15, -0.1) is 0 Å². The Hall–Kier alpha value is -1.06. The van der Waals surface area contributed by atoms with Gasteiger partial charge in [0.2, 0.25) is 0 Å². The number of anilines is 1. The van der Waals surface area contributed by atoms with Crippen LogP contribution in [-0.2, 0) is 0 Å². The standard InChI is InChI=1S/C20H33N3/c1-18-7-9-20(10-8-18)23-16-15-22(19(2)17-23)14-13-21-11-5-3-4-6-12-21/h7-10,19H,3-6,11-17H2,1-2H3/t19-/m1/s1. The molecule has 0 aliphatic carbocycles. The first kappa shape index (κ1) is 16.8. The fourth-order valence-corrected chi connectivity index (χ4v) is 3.95. The highest BCUT2D eigenvalue weighted by Gasteiger charge is 2.24. The predicted molar refractivity (Wildman–Crippen MR) is 99.3 cm³/mol. The first-order chi connectivity index (χ1) is 11.2. The minimum absolute atomic E-state index is 0.650. The van der Waals surface area contributed by atoms with Gasteiger partial charge in [0.25, 0.3) is 0 Å². The molecule has 0 unspecified atom stereocenters. The molecule has 3 nitrogen and oxygen atoms in total. The Kier molecular flexibility index (Phi) is 5.96. The van der Waals surface area contributed by atoms with Gasteiger partial charge in [-0.1, -0.05) is 30.5 Å². The monoisotopic (exact) mass is 315 g/mol. The fraction of sp³-hybridized carbons (Fsp3) is 0.700. The van der Waals surface area contributed by atoms with E-state index in [4.69, 9.17) is 0 Å². The van der Waals surface area contributed by atoms with Crippen LogP contribution < -0.4 is 4.90 Å². The fourth-order valence-electron chi connectivity index (χ4n) is 3.95. The van der Waals surface area contributed by atoms with Crippen molar-refractivity contribution in [3.05, 3.63) is 29.8 Å². The van der Waals surface area contributed by atoms with E-state index >= 15 is 0 Å². The zero-order chi connectivity index (χ0) is 16.1. The molecular weight excluding hydrogens is 282 g/mol. The van der Waals surface area contributed by atoms with Crippen molar-refractivity contribution in [2.24, 2.45) is 0 Å². The number of hydrogen-bond donors (Lipinski definition) is 0. The molecule has 2 aliphatic rings. The number of aryl methyl sites for hydroxylation is 1. The number of rotatable bonds is 4. The van der Waals surface area contributed by atoms with Gasteiger partial charge in [-0.25, -0.2) is 0 Å². The number of nitrogens with zero attached hydrogens (tertiary/aromatic N) is 3. The van der Waals surface area contributed by atoms with Crippen molar-refractivity contribution in [1.29, 1.82) is 0 Å². The van der Waals surface area contributed by atoms with Gasteiger partial charge in [0.05, 0.1) is 0 Å². The molecule has 1 aromatic carbocycles. The molecule has 128 valence electrons. The molecule has 0 aromatic heterocycles. The number of benzene rings is 1. The maximum Gasteiger partial charge on any atom is 0.0367 e. The summed E-state index contributed by atoms with van der Waals surface area (Å²) in [5.41, 5.74) is 2.73. The molecule has 0 amide bonds. The molecule has 3 rings (SSSR count). The smallest absolute Gasteiger partial charge is 0.0367 e. The highest BCUT2D eigenvalue weighted by molar-refractivity contribution is 5.48. The largest absolute Gasteiger partial charge is 0.369 e. The molecule has 0 bridgehead atoms. The van der Waals surface area contributed by atoms with Gasteiger partial charge in [0.1, 0.15) is 0 Å². The van der Waals surface area contributed by atoms with Crippen LogP contribution in [-0.4, -0.2) is 61.7 Å². The second-order valence-electron chi connectivity index (χ2n) is 7.42. The number of likely N-dealkylation sites (tertiary alicyclic amines) is 1. The zero-order valence-corrected chi connectivity index (χ0v) is 15.0. The second kappa shape index (κ2) is 8.16. The molecule has 1 atom stereocenters. The molecule has 2 aliphatic heterocycles. The van der Waals surface area contributed by atoms with Crippen LogP contribution in [0, 0.1) is 6.92 Å². The molecule has 2 heterocycles. The third-order valence-electron chi connectivity index (χ3n) is 5.57. The average molecular weight is 316 g/mol. The molecule has 23 heavy (non-hydrogen) atoms. The highest BCUT2D eigenvalue weighted by Crippen LogP contribution is 2.20. The molecule has 3 heteroatoms. The van der Waals surface area contributed by atoms with Gasteiger partial charge in [-0.3, -0.25) is 4.90 Å². The zero-order valence-electron chi connectivity index (χ0n) is 15.0. The van der Waals surface area contributed by atoms with Crippen LogP contribution in [0.4, 0.5) is 5.69 Å². The van der Waals surface area contributed by atoms with E-state index < -0.39 is 0 Å². The summed E-state index contributed by atoms with van der Waals surface area (Å²) in [6.07, 6.45) is 5.66. The van der Waals surface area contributed by atoms with Crippen molar-refractivity contribution in [2.75, 3.05) is 50.7 Å². The maximum atomic E-state index is 2.69. The van der Waals surface area contributed by atoms with Gasteiger partial charge < -0.3 is 9.80 Å². The van der Waals surface area contributed by atoms with Crippen LogP contribution in [0.15, 0.2) is 24.3 Å². The Morgan fingerprint density at radius 2 is 1.57 bits per heavy atom. The molecule has 0 radical (unpaired) electrons. The summed E-state index contributed by atoms with van der Waals surface area (Å²) in [5, 5.41) is 0. The van der Waals surface area contributed by atoms with E-state index in [0.29, 0.717) is 6.04 Å². The first-order valence-corrected chi connectivity index (χ1v) is 9.50. The van der Waals surface area contributed by atoms with Crippen LogP contribution in [0.2, 0.25) is 0 Å². The van der Waals surface area contributed by atoms with Crippen molar-refractivity contribution in [3.63, 3.8) is 0 Å². The predicted octanol–water partition coefficient (Wildman–Crippen LogP) is 3.38. The van der Waals surface area contributed by atoms with E-state index in [1.54, 1.807) is 0 Å². The van der Waals surface area contributed by atoms with Crippen molar-refractivity contribution in [3.8, 4) is 0 Å². The Balaban J connectivity index is 1.47. The molecular formula is C20H33N3. The van der Waals surface area contributed by atoms with Crippen LogP contribution in [0.3, 0.4) is 0 Å². The van der Waals surface area contributed by atoms with Crippen molar-refractivity contribution in [2.45, 2.75) is 45.6 Å². The molecule has 0 saturated carbocycles. The van der Waals surface area contributed by atoms with Crippen LogP contribution in [0.5, 0.6) is 0 Å². The summed E-state index contributed by atoms with van der Waals surface area (Å²) in [5.74, 6) is 0. The first-order valence-electron chi connectivity index (χ1n) is 9.50. The van der Waals surface area contributed by atoms with Crippen molar-refractivity contribution in [1.82, 2.24) is 9.80 Å². The molecule has 1 aromatic rings. The third-order valence-corrected chi connectivity index (χ3v) is 5.57. The summed E-state index contributed by atoms with van der Waals surface area (Å²) in [6, 6.07) is 9.65. The SMILES string of the molecule is Cc1ccc(N2CCN(CCN3CCCCCC3)[C@H](C)C2)cc1. The van der Waals surface area contributed by atoms with E-state index in [-0.39, 0.29) is 0 Å². The lowest BCUT2D eigenvalue weighted by Crippen LogP contribution is -2.53. The Morgan fingerprint density at radius 1 is 0.870 bits per heavy atom. The Labute approximate surface area is 142 Å².